The Kier molecular flexibility index (Phi) is 2.93. The lowest BCUT2D eigenvalue weighted by Gasteiger charge is -2.19. The quantitative estimate of drug-likeness (QED) is 0.605. The molecule has 5 nitrogen and oxygen atoms in total. The van der Waals surface area contributed by atoms with Gasteiger partial charge in [0, 0.05) is 12.4 Å². The van der Waals surface area contributed by atoms with Gasteiger partial charge in [0.15, 0.2) is 0 Å². The van der Waals surface area contributed by atoms with E-state index in [1.54, 1.807) is 18.5 Å². The lowest BCUT2D eigenvalue weighted by atomic mass is 10.2. The molecule has 0 amide bonds. The molecule has 17 heavy (non-hydrogen) atoms. The van der Waals surface area contributed by atoms with E-state index in [-0.39, 0.29) is 0 Å². The highest BCUT2D eigenvalue weighted by molar-refractivity contribution is 5.73. The van der Waals surface area contributed by atoms with Gasteiger partial charge in [0.05, 0.1) is 17.1 Å². The van der Waals surface area contributed by atoms with E-state index in [2.05, 4.69) is 9.97 Å². The summed E-state index contributed by atoms with van der Waals surface area (Å²) in [5.41, 5.74) is 9.05. The summed E-state index contributed by atoms with van der Waals surface area (Å²) in [5, 5.41) is 1.46. The molecule has 0 bridgehead atoms. The maximum Gasteiger partial charge on any atom is 0.147 e. The molecule has 0 spiro atoms. The number of nitrogens with zero attached hydrogens (tertiary/aromatic N) is 3. The van der Waals surface area contributed by atoms with Crippen molar-refractivity contribution in [3.63, 3.8) is 0 Å². The number of nitrogens with two attached hydrogens (primary N) is 2. The molecule has 2 aromatic rings. The van der Waals surface area contributed by atoms with E-state index in [0.717, 1.165) is 11.3 Å². The zero-order valence-electron chi connectivity index (χ0n) is 9.88. The van der Waals surface area contributed by atoms with Gasteiger partial charge in [-0.15, -0.1) is 0 Å². The van der Waals surface area contributed by atoms with E-state index < -0.39 is 0 Å². The molecule has 0 unspecified atom stereocenters. The van der Waals surface area contributed by atoms with Crippen molar-refractivity contribution in [1.82, 2.24) is 9.97 Å². The first-order valence-corrected chi connectivity index (χ1v) is 5.28. The molecule has 0 saturated heterocycles. The monoisotopic (exact) mass is 229 g/mol. The molecular formula is C12H15N5. The molecule has 0 atom stereocenters. The van der Waals surface area contributed by atoms with Gasteiger partial charge in [0.25, 0.3) is 0 Å². The second kappa shape index (κ2) is 4.39. The van der Waals surface area contributed by atoms with Crippen LogP contribution >= 0.6 is 0 Å². The van der Waals surface area contributed by atoms with Crippen LogP contribution in [0, 0.1) is 13.8 Å². The average Bonchev–Trinajstić information content (AvgIpc) is 2.33. The highest BCUT2D eigenvalue weighted by Crippen LogP contribution is 2.27. The van der Waals surface area contributed by atoms with Crippen LogP contribution in [0.1, 0.15) is 11.3 Å². The van der Waals surface area contributed by atoms with Crippen LogP contribution in [0.4, 0.5) is 17.2 Å². The molecule has 0 saturated carbocycles. The third-order valence-electron chi connectivity index (χ3n) is 2.57. The van der Waals surface area contributed by atoms with E-state index in [9.17, 15) is 0 Å². The number of hydrogen-bond donors (Lipinski definition) is 2. The third-order valence-corrected chi connectivity index (χ3v) is 2.57. The molecule has 5 heteroatoms. The maximum absolute atomic E-state index is 6.00. The first kappa shape index (κ1) is 11.3. The summed E-state index contributed by atoms with van der Waals surface area (Å²) in [6.45, 7) is 3.82. The first-order valence-electron chi connectivity index (χ1n) is 5.28. The van der Waals surface area contributed by atoms with Crippen molar-refractivity contribution < 1.29 is 0 Å². The first-order chi connectivity index (χ1) is 8.09. The van der Waals surface area contributed by atoms with Crippen LogP contribution in [0.25, 0.3) is 0 Å². The molecule has 88 valence electrons. The molecule has 0 aromatic carbocycles. The van der Waals surface area contributed by atoms with E-state index in [0.29, 0.717) is 17.2 Å². The van der Waals surface area contributed by atoms with Gasteiger partial charge in [0.2, 0.25) is 0 Å². The van der Waals surface area contributed by atoms with Crippen LogP contribution < -0.4 is 16.6 Å². The van der Waals surface area contributed by atoms with Crippen LogP contribution in [-0.4, -0.2) is 9.97 Å². The van der Waals surface area contributed by atoms with Gasteiger partial charge in [-0.3, -0.25) is 9.99 Å². The smallest absolute Gasteiger partial charge is 0.147 e. The minimum atomic E-state index is 0.567. The molecule has 0 aliphatic carbocycles. The number of aryl methyl sites for hydroxylation is 2. The van der Waals surface area contributed by atoms with E-state index in [4.69, 9.17) is 11.6 Å². The van der Waals surface area contributed by atoms with Gasteiger partial charge >= 0.3 is 0 Å². The number of aromatic nitrogens is 2. The van der Waals surface area contributed by atoms with Crippen molar-refractivity contribution in [3.8, 4) is 0 Å². The Morgan fingerprint density at radius 3 is 2.53 bits per heavy atom. The topological polar surface area (TPSA) is 81.1 Å². The summed E-state index contributed by atoms with van der Waals surface area (Å²) in [7, 11) is 0. The number of nitrogen functional groups attached to an aromatic ring is 1. The van der Waals surface area contributed by atoms with Crippen LogP contribution in [-0.2, 0) is 0 Å². The van der Waals surface area contributed by atoms with Crippen molar-refractivity contribution in [1.29, 1.82) is 0 Å². The zero-order chi connectivity index (χ0) is 12.4. The van der Waals surface area contributed by atoms with E-state index in [1.807, 2.05) is 26.0 Å². The summed E-state index contributed by atoms with van der Waals surface area (Å²) in [5.74, 6) is 6.65. The highest BCUT2D eigenvalue weighted by Gasteiger charge is 2.10. The fourth-order valence-corrected chi connectivity index (χ4v) is 1.50. The number of rotatable bonds is 2. The van der Waals surface area contributed by atoms with Gasteiger partial charge in [-0.05, 0) is 31.5 Å². The molecule has 0 fully saturated rings. The minimum absolute atomic E-state index is 0.567. The Morgan fingerprint density at radius 1 is 1.12 bits per heavy atom. The molecule has 2 aromatic heterocycles. The SMILES string of the molecule is Cc1ccc(N(N)c2ccnc(C)c2N)nc1. The van der Waals surface area contributed by atoms with Gasteiger partial charge < -0.3 is 5.73 Å². The Labute approximate surface area is 100 Å². The van der Waals surface area contributed by atoms with E-state index in [1.165, 1.54) is 5.01 Å². The summed E-state index contributed by atoms with van der Waals surface area (Å²) in [6.07, 6.45) is 3.44. The predicted molar refractivity (Wildman–Crippen MR) is 68.7 cm³/mol. The summed E-state index contributed by atoms with van der Waals surface area (Å²) >= 11 is 0. The Hall–Kier alpha value is -2.14. The zero-order valence-corrected chi connectivity index (χ0v) is 9.88. The number of hydrazine groups is 1. The molecule has 4 N–H and O–H groups in total. The minimum Gasteiger partial charge on any atom is -0.396 e. The second-order valence-electron chi connectivity index (χ2n) is 3.89. The van der Waals surface area contributed by atoms with Crippen molar-refractivity contribution in [2.24, 2.45) is 5.84 Å². The van der Waals surface area contributed by atoms with Gasteiger partial charge in [0.1, 0.15) is 5.82 Å². The fraction of sp³-hybridized carbons (Fsp3) is 0.167. The summed E-state index contributed by atoms with van der Waals surface area (Å²) in [6, 6.07) is 5.57. The number of hydrogen-bond acceptors (Lipinski definition) is 5. The third kappa shape index (κ3) is 2.19. The van der Waals surface area contributed by atoms with Gasteiger partial charge in [-0.25, -0.2) is 10.8 Å². The molecular weight excluding hydrogens is 214 g/mol. The van der Waals surface area contributed by atoms with Gasteiger partial charge in [-0.2, -0.15) is 0 Å². The highest BCUT2D eigenvalue weighted by atomic mass is 15.4. The Bertz CT molecular complexity index is 521. The van der Waals surface area contributed by atoms with Gasteiger partial charge in [-0.1, -0.05) is 6.07 Å². The maximum atomic E-state index is 6.00. The van der Waals surface area contributed by atoms with Crippen LogP contribution in [0.2, 0.25) is 0 Å². The van der Waals surface area contributed by atoms with Crippen molar-refractivity contribution in [2.75, 3.05) is 10.7 Å². The standard InChI is InChI=1S/C12H15N5/c1-8-3-4-11(16-7-8)17(14)10-5-6-15-9(2)12(10)13/h3-7H,13-14H2,1-2H3. The predicted octanol–water partition coefficient (Wildman–Crippen LogP) is 1.69. The molecule has 0 aliphatic heterocycles. The summed E-state index contributed by atoms with van der Waals surface area (Å²) < 4.78 is 0. The van der Waals surface area contributed by atoms with E-state index >= 15 is 0 Å². The number of pyridine rings is 2. The lowest BCUT2D eigenvalue weighted by molar-refractivity contribution is 1.02. The number of anilines is 3. The van der Waals surface area contributed by atoms with Crippen molar-refractivity contribution >= 4 is 17.2 Å². The fourth-order valence-electron chi connectivity index (χ4n) is 1.50. The normalized spacial score (nSPS) is 10.3. The Balaban J connectivity index is 2.40. The average molecular weight is 229 g/mol. The van der Waals surface area contributed by atoms with Crippen LogP contribution in [0.3, 0.4) is 0 Å². The largest absolute Gasteiger partial charge is 0.396 e. The lowest BCUT2D eigenvalue weighted by Crippen LogP contribution is -2.27. The van der Waals surface area contributed by atoms with Crippen molar-refractivity contribution in [3.05, 3.63) is 41.9 Å². The Morgan fingerprint density at radius 2 is 1.88 bits per heavy atom. The van der Waals surface area contributed by atoms with Crippen LogP contribution in [0.15, 0.2) is 30.6 Å². The molecule has 0 radical (unpaired) electrons. The molecule has 0 aliphatic rings. The van der Waals surface area contributed by atoms with Crippen molar-refractivity contribution in [2.45, 2.75) is 13.8 Å². The summed E-state index contributed by atoms with van der Waals surface area (Å²) in [4.78, 5) is 8.35. The molecule has 2 rings (SSSR count). The molecule has 2 heterocycles. The van der Waals surface area contributed by atoms with Crippen LogP contribution in [0.5, 0.6) is 0 Å². The second-order valence-corrected chi connectivity index (χ2v) is 3.89.